The monoisotopic (exact) mass is 218 g/mol. The van der Waals surface area contributed by atoms with Crippen LogP contribution < -0.4 is 10.6 Å². The lowest BCUT2D eigenvalue weighted by Crippen LogP contribution is -2.37. The Kier molecular flexibility index (Phi) is 4.88. The zero-order chi connectivity index (χ0) is 9.68. The van der Waals surface area contributed by atoms with Gasteiger partial charge in [0.2, 0.25) is 0 Å². The van der Waals surface area contributed by atoms with Gasteiger partial charge < -0.3 is 10.6 Å². The smallest absolute Gasteiger partial charge is 0.166 e. The molecule has 0 aromatic rings. The molecule has 1 aliphatic carbocycles. The molecule has 0 spiro atoms. The van der Waals surface area contributed by atoms with E-state index >= 15 is 0 Å². The lowest BCUT2D eigenvalue weighted by Gasteiger charge is -2.11. The first-order chi connectivity index (χ1) is 6.22. The Bertz CT molecular complexity index is 169. The molecule has 0 aromatic heterocycles. The number of hydrogen-bond acceptors (Lipinski definition) is 2. The highest BCUT2D eigenvalue weighted by Crippen LogP contribution is 2.18. The van der Waals surface area contributed by atoms with Crippen molar-refractivity contribution in [2.24, 2.45) is 0 Å². The molecule has 0 saturated heterocycles. The fourth-order valence-corrected chi connectivity index (χ4v) is 1.59. The van der Waals surface area contributed by atoms with Gasteiger partial charge in [-0.05, 0) is 37.7 Å². The molecule has 2 nitrogen and oxygen atoms in total. The maximum absolute atomic E-state index is 5.13. The zero-order valence-corrected chi connectivity index (χ0v) is 9.93. The summed E-state index contributed by atoms with van der Waals surface area (Å²) in [7, 11) is 0. The molecular weight excluding hydrogens is 200 g/mol. The van der Waals surface area contributed by atoms with E-state index < -0.39 is 0 Å². The summed E-state index contributed by atoms with van der Waals surface area (Å²) in [6.45, 7) is 3.23. The van der Waals surface area contributed by atoms with Crippen molar-refractivity contribution in [1.82, 2.24) is 10.6 Å². The molecule has 0 heterocycles. The summed E-state index contributed by atoms with van der Waals surface area (Å²) < 4.78 is 0. The molecule has 0 aliphatic heterocycles. The van der Waals surface area contributed by atoms with Gasteiger partial charge >= 0.3 is 0 Å². The van der Waals surface area contributed by atoms with Crippen LogP contribution in [0.2, 0.25) is 0 Å². The first kappa shape index (κ1) is 11.1. The van der Waals surface area contributed by atoms with Gasteiger partial charge in [-0.2, -0.15) is 11.8 Å². The van der Waals surface area contributed by atoms with E-state index in [0.717, 1.165) is 16.9 Å². The highest BCUT2D eigenvalue weighted by Gasteiger charge is 2.21. The number of nitrogens with one attached hydrogen (secondary N) is 2. The molecule has 1 aliphatic rings. The van der Waals surface area contributed by atoms with E-state index in [1.807, 2.05) is 11.8 Å². The normalized spacial score (nSPS) is 18.0. The Morgan fingerprint density at radius 3 is 2.85 bits per heavy atom. The van der Waals surface area contributed by atoms with Gasteiger partial charge in [-0.15, -0.1) is 0 Å². The summed E-state index contributed by atoms with van der Waals surface area (Å²) in [6.07, 6.45) is 5.88. The lowest BCUT2D eigenvalue weighted by atomic mass is 10.3. The van der Waals surface area contributed by atoms with Gasteiger partial charge in [0.25, 0.3) is 0 Å². The van der Waals surface area contributed by atoms with Crippen molar-refractivity contribution in [3.05, 3.63) is 0 Å². The summed E-state index contributed by atoms with van der Waals surface area (Å²) in [4.78, 5) is 0. The van der Waals surface area contributed by atoms with Crippen molar-refractivity contribution < 1.29 is 0 Å². The number of thioether (sulfide) groups is 1. The summed E-state index contributed by atoms with van der Waals surface area (Å²) in [5.41, 5.74) is 0. The Morgan fingerprint density at radius 1 is 1.62 bits per heavy atom. The summed E-state index contributed by atoms with van der Waals surface area (Å²) in [5.74, 6) is 0. The van der Waals surface area contributed by atoms with Gasteiger partial charge in [-0.25, -0.2) is 0 Å². The first-order valence-corrected chi connectivity index (χ1v) is 6.49. The molecule has 1 saturated carbocycles. The molecule has 1 fully saturated rings. The molecule has 0 aromatic carbocycles. The Balaban J connectivity index is 1.94. The predicted octanol–water partition coefficient (Wildman–Crippen LogP) is 1.75. The molecular formula is C9H18N2S2. The van der Waals surface area contributed by atoms with Crippen molar-refractivity contribution in [2.45, 2.75) is 37.5 Å². The van der Waals surface area contributed by atoms with Crippen LogP contribution in [0, 0.1) is 0 Å². The van der Waals surface area contributed by atoms with Crippen molar-refractivity contribution in [1.29, 1.82) is 0 Å². The van der Waals surface area contributed by atoms with Crippen LogP contribution in [0.25, 0.3) is 0 Å². The van der Waals surface area contributed by atoms with Gasteiger partial charge in [-0.3, -0.25) is 0 Å². The average Bonchev–Trinajstić information content (AvgIpc) is 2.88. The van der Waals surface area contributed by atoms with Gasteiger partial charge in [0.1, 0.15) is 0 Å². The third kappa shape index (κ3) is 5.37. The highest BCUT2D eigenvalue weighted by molar-refractivity contribution is 7.99. The van der Waals surface area contributed by atoms with Crippen LogP contribution >= 0.6 is 24.0 Å². The number of hydrogen-bond donors (Lipinski definition) is 2. The molecule has 2 N–H and O–H groups in total. The molecule has 1 unspecified atom stereocenters. The van der Waals surface area contributed by atoms with Crippen molar-refractivity contribution in [3.63, 3.8) is 0 Å². The van der Waals surface area contributed by atoms with E-state index in [9.17, 15) is 0 Å². The van der Waals surface area contributed by atoms with Gasteiger partial charge in [0.15, 0.2) is 5.11 Å². The molecule has 1 rings (SSSR count). The van der Waals surface area contributed by atoms with E-state index in [1.54, 1.807) is 0 Å². The third-order valence-electron chi connectivity index (χ3n) is 2.15. The first-order valence-electron chi connectivity index (χ1n) is 4.79. The van der Waals surface area contributed by atoms with Crippen LogP contribution in [0.4, 0.5) is 0 Å². The Morgan fingerprint density at radius 2 is 2.31 bits per heavy atom. The molecule has 4 heteroatoms. The maximum Gasteiger partial charge on any atom is 0.166 e. The maximum atomic E-state index is 5.13. The summed E-state index contributed by atoms with van der Waals surface area (Å²) >= 11 is 7.03. The lowest BCUT2D eigenvalue weighted by molar-refractivity contribution is 0.749. The second-order valence-corrected chi connectivity index (χ2v) is 5.19. The third-order valence-corrected chi connectivity index (χ3v) is 3.45. The van der Waals surface area contributed by atoms with E-state index in [-0.39, 0.29) is 0 Å². The molecule has 0 radical (unpaired) electrons. The largest absolute Gasteiger partial charge is 0.363 e. The zero-order valence-electron chi connectivity index (χ0n) is 8.30. The quantitative estimate of drug-likeness (QED) is 0.687. The predicted molar refractivity (Wildman–Crippen MR) is 64.4 cm³/mol. The fourth-order valence-electron chi connectivity index (χ4n) is 0.971. The minimum Gasteiger partial charge on any atom is -0.363 e. The van der Waals surface area contributed by atoms with Crippen molar-refractivity contribution in [2.75, 3.05) is 12.8 Å². The van der Waals surface area contributed by atoms with Gasteiger partial charge in [0.05, 0.1) is 0 Å². The highest BCUT2D eigenvalue weighted by atomic mass is 32.2. The van der Waals surface area contributed by atoms with Crippen LogP contribution in [0.15, 0.2) is 0 Å². The minimum absolute atomic E-state index is 0.665. The van der Waals surface area contributed by atoms with Gasteiger partial charge in [-0.1, -0.05) is 6.92 Å². The second kappa shape index (κ2) is 5.70. The minimum atomic E-state index is 0.665. The van der Waals surface area contributed by atoms with Crippen LogP contribution in [0.5, 0.6) is 0 Å². The standard InChI is InChI=1S/C9H18N2S2/c1-7(13-2)5-6-10-9(12)11-8-3-4-8/h7-8H,3-6H2,1-2H3,(H2,10,11,12). The van der Waals surface area contributed by atoms with E-state index in [4.69, 9.17) is 12.2 Å². The van der Waals surface area contributed by atoms with E-state index in [0.29, 0.717) is 6.04 Å². The van der Waals surface area contributed by atoms with Crippen molar-refractivity contribution in [3.8, 4) is 0 Å². The van der Waals surface area contributed by atoms with Crippen molar-refractivity contribution >= 4 is 29.1 Å². The van der Waals surface area contributed by atoms with Crippen LogP contribution in [0.1, 0.15) is 26.2 Å². The SMILES string of the molecule is CSC(C)CCNC(=S)NC1CC1. The van der Waals surface area contributed by atoms with Crippen LogP contribution in [-0.2, 0) is 0 Å². The molecule has 1 atom stereocenters. The van der Waals surface area contributed by atoms with Crippen LogP contribution in [0.3, 0.4) is 0 Å². The summed E-state index contributed by atoms with van der Waals surface area (Å²) in [6, 6.07) is 0.665. The Hall–Kier alpha value is 0.0400. The van der Waals surface area contributed by atoms with E-state index in [1.165, 1.54) is 19.3 Å². The topological polar surface area (TPSA) is 24.1 Å². The number of thiocarbonyl (C=S) groups is 1. The van der Waals surface area contributed by atoms with E-state index in [2.05, 4.69) is 23.8 Å². The van der Waals surface area contributed by atoms with Crippen LogP contribution in [-0.4, -0.2) is 29.2 Å². The Labute approximate surface area is 90.2 Å². The second-order valence-electron chi connectivity index (χ2n) is 3.51. The molecule has 0 bridgehead atoms. The average molecular weight is 218 g/mol. The van der Waals surface area contributed by atoms with Gasteiger partial charge in [0, 0.05) is 17.8 Å². The molecule has 76 valence electrons. The fraction of sp³-hybridized carbons (Fsp3) is 0.889. The molecule has 0 amide bonds. The number of rotatable bonds is 5. The summed E-state index contributed by atoms with van der Waals surface area (Å²) in [5, 5.41) is 8.03. The molecule has 13 heavy (non-hydrogen) atoms.